The second kappa shape index (κ2) is 5.17. The molecule has 1 N–H and O–H groups in total. The number of benzene rings is 1. The molecule has 1 aromatic rings. The lowest BCUT2D eigenvalue weighted by Crippen LogP contribution is -2.54. The molecule has 1 amide bonds. The second-order valence-electron chi connectivity index (χ2n) is 4.38. The van der Waals surface area contributed by atoms with Gasteiger partial charge in [0.05, 0.1) is 5.54 Å². The van der Waals surface area contributed by atoms with Crippen molar-refractivity contribution in [3.8, 4) is 0 Å². The van der Waals surface area contributed by atoms with Crippen molar-refractivity contribution in [3.05, 3.63) is 33.8 Å². The number of hydrogen-bond acceptors (Lipinski definition) is 1. The van der Waals surface area contributed by atoms with E-state index < -0.39 is 0 Å². The van der Waals surface area contributed by atoms with E-state index in [0.717, 1.165) is 24.6 Å². The maximum absolute atomic E-state index is 12.1. The zero-order valence-corrected chi connectivity index (χ0v) is 12.2. The lowest BCUT2D eigenvalue weighted by molar-refractivity contribution is 0.0856. The third-order valence-electron chi connectivity index (χ3n) is 3.07. The highest BCUT2D eigenvalue weighted by Gasteiger charge is 2.37. The Morgan fingerprint density at radius 2 is 1.88 bits per heavy atom. The van der Waals surface area contributed by atoms with Gasteiger partial charge in [0.25, 0.3) is 5.91 Å². The summed E-state index contributed by atoms with van der Waals surface area (Å²) in [7, 11) is 0. The molecule has 92 valence electrons. The van der Waals surface area contributed by atoms with Crippen molar-refractivity contribution in [1.82, 2.24) is 5.32 Å². The molecule has 2 rings (SSSR count). The van der Waals surface area contributed by atoms with Crippen LogP contribution in [0.1, 0.15) is 29.6 Å². The lowest BCUT2D eigenvalue weighted by Gasteiger charge is -2.41. The Balaban J connectivity index is 2.14. The molecule has 1 aliphatic rings. The van der Waals surface area contributed by atoms with Gasteiger partial charge in [0.15, 0.2) is 0 Å². The van der Waals surface area contributed by atoms with E-state index >= 15 is 0 Å². The van der Waals surface area contributed by atoms with Crippen LogP contribution in [0.4, 0.5) is 0 Å². The Morgan fingerprint density at radius 1 is 1.29 bits per heavy atom. The van der Waals surface area contributed by atoms with Crippen molar-refractivity contribution in [2.24, 2.45) is 0 Å². The van der Waals surface area contributed by atoms with Crippen molar-refractivity contribution in [3.63, 3.8) is 0 Å². The maximum Gasteiger partial charge on any atom is 0.251 e. The molecule has 1 fully saturated rings. The maximum atomic E-state index is 12.1. The average Bonchev–Trinajstić information content (AvgIpc) is 2.21. The summed E-state index contributed by atoms with van der Waals surface area (Å²) in [5.74, 6) is -0.117. The van der Waals surface area contributed by atoms with E-state index in [9.17, 15) is 4.79 Å². The van der Waals surface area contributed by atoms with Gasteiger partial charge in [0.1, 0.15) is 0 Å². The summed E-state index contributed by atoms with van der Waals surface area (Å²) < 4.78 is 0. The van der Waals surface area contributed by atoms with Gasteiger partial charge in [-0.15, -0.1) is 0 Å². The van der Waals surface area contributed by atoms with Crippen LogP contribution in [0, 0.1) is 0 Å². The van der Waals surface area contributed by atoms with E-state index in [2.05, 4.69) is 21.2 Å². The van der Waals surface area contributed by atoms with Crippen molar-refractivity contribution < 1.29 is 4.79 Å². The van der Waals surface area contributed by atoms with Crippen LogP contribution in [0.15, 0.2) is 18.2 Å². The molecule has 1 aliphatic carbocycles. The van der Waals surface area contributed by atoms with Crippen LogP contribution in [-0.2, 0) is 0 Å². The summed E-state index contributed by atoms with van der Waals surface area (Å²) in [6.07, 6.45) is 3.18. The van der Waals surface area contributed by atoms with E-state index in [1.165, 1.54) is 0 Å². The molecular weight excluding hydrogens is 325 g/mol. The summed E-state index contributed by atoms with van der Waals surface area (Å²) >= 11 is 15.2. The predicted octanol–water partition coefficient (Wildman–Crippen LogP) is 4.04. The standard InChI is InChI=1S/C12H12BrCl2NO/c13-7-12(2-1-3-12)16-11(17)8-4-9(14)6-10(15)5-8/h4-6H,1-3,7H2,(H,16,17). The summed E-state index contributed by atoms with van der Waals surface area (Å²) in [5, 5.41) is 4.78. The fourth-order valence-corrected chi connectivity index (χ4v) is 3.12. The zero-order chi connectivity index (χ0) is 12.5. The molecule has 0 aliphatic heterocycles. The molecule has 2 nitrogen and oxygen atoms in total. The SMILES string of the molecule is O=C(NC1(CBr)CCC1)c1cc(Cl)cc(Cl)c1. The first-order valence-corrected chi connectivity index (χ1v) is 7.27. The van der Waals surface area contributed by atoms with Crippen LogP contribution in [0.25, 0.3) is 0 Å². The number of rotatable bonds is 3. The number of amides is 1. The van der Waals surface area contributed by atoms with Crippen LogP contribution in [0.3, 0.4) is 0 Å². The number of hydrogen-bond donors (Lipinski definition) is 1. The Morgan fingerprint density at radius 3 is 2.29 bits per heavy atom. The number of halogens is 3. The van der Waals surface area contributed by atoms with E-state index in [4.69, 9.17) is 23.2 Å². The van der Waals surface area contributed by atoms with Gasteiger partial charge in [-0.05, 0) is 37.5 Å². The average molecular weight is 337 g/mol. The Bertz CT molecular complexity index is 420. The highest BCUT2D eigenvalue weighted by Crippen LogP contribution is 2.33. The molecule has 0 aromatic heterocycles. The summed E-state index contributed by atoms with van der Waals surface area (Å²) in [6, 6.07) is 4.87. The van der Waals surface area contributed by atoms with Gasteiger partial charge in [-0.1, -0.05) is 39.1 Å². The highest BCUT2D eigenvalue weighted by atomic mass is 79.9. The zero-order valence-electron chi connectivity index (χ0n) is 9.10. The van der Waals surface area contributed by atoms with Crippen LogP contribution in [0.5, 0.6) is 0 Å². The van der Waals surface area contributed by atoms with Crippen molar-refractivity contribution in [1.29, 1.82) is 0 Å². The lowest BCUT2D eigenvalue weighted by atomic mass is 9.78. The molecule has 0 unspecified atom stereocenters. The van der Waals surface area contributed by atoms with Crippen LogP contribution in [-0.4, -0.2) is 16.8 Å². The number of alkyl halides is 1. The molecule has 5 heteroatoms. The molecule has 1 aromatic carbocycles. The molecule has 0 atom stereocenters. The van der Waals surface area contributed by atoms with Crippen LogP contribution >= 0.6 is 39.1 Å². The van der Waals surface area contributed by atoms with Gasteiger partial charge in [0.2, 0.25) is 0 Å². The molecule has 1 saturated carbocycles. The smallest absolute Gasteiger partial charge is 0.251 e. The predicted molar refractivity (Wildman–Crippen MR) is 74.3 cm³/mol. The van der Waals surface area contributed by atoms with Gasteiger partial charge in [-0.2, -0.15) is 0 Å². The minimum absolute atomic E-state index is 0.0914. The van der Waals surface area contributed by atoms with Gasteiger partial charge in [-0.3, -0.25) is 4.79 Å². The Kier molecular flexibility index (Phi) is 4.01. The Labute approximate surface area is 119 Å². The van der Waals surface area contributed by atoms with E-state index in [1.807, 2.05) is 0 Å². The minimum Gasteiger partial charge on any atom is -0.346 e. The van der Waals surface area contributed by atoms with Crippen LogP contribution < -0.4 is 5.32 Å². The van der Waals surface area contributed by atoms with Gasteiger partial charge in [-0.25, -0.2) is 0 Å². The third kappa shape index (κ3) is 2.95. The number of carbonyl (C=O) groups excluding carboxylic acids is 1. The normalized spacial score (nSPS) is 17.4. The molecule has 0 heterocycles. The number of nitrogens with one attached hydrogen (secondary N) is 1. The second-order valence-corrected chi connectivity index (χ2v) is 5.81. The topological polar surface area (TPSA) is 29.1 Å². The van der Waals surface area contributed by atoms with Gasteiger partial charge < -0.3 is 5.32 Å². The summed E-state index contributed by atoms with van der Waals surface area (Å²) in [5.41, 5.74) is 0.418. The first-order valence-electron chi connectivity index (χ1n) is 5.39. The van der Waals surface area contributed by atoms with Crippen molar-refractivity contribution in [2.75, 3.05) is 5.33 Å². The largest absolute Gasteiger partial charge is 0.346 e. The first-order chi connectivity index (χ1) is 8.04. The van der Waals surface area contributed by atoms with Gasteiger partial charge >= 0.3 is 0 Å². The molecule has 0 saturated heterocycles. The summed E-state index contributed by atoms with van der Waals surface area (Å²) in [6.45, 7) is 0. The van der Waals surface area contributed by atoms with Crippen LogP contribution in [0.2, 0.25) is 10.0 Å². The monoisotopic (exact) mass is 335 g/mol. The third-order valence-corrected chi connectivity index (χ3v) is 4.58. The molecule has 0 radical (unpaired) electrons. The van der Waals surface area contributed by atoms with E-state index in [-0.39, 0.29) is 11.4 Å². The first kappa shape index (κ1) is 13.2. The highest BCUT2D eigenvalue weighted by molar-refractivity contribution is 9.09. The number of carbonyl (C=O) groups is 1. The van der Waals surface area contributed by atoms with Crippen molar-refractivity contribution in [2.45, 2.75) is 24.8 Å². The summed E-state index contributed by atoms with van der Waals surface area (Å²) in [4.78, 5) is 12.1. The molecule has 0 spiro atoms. The molecular formula is C12H12BrCl2NO. The van der Waals surface area contributed by atoms with Gasteiger partial charge in [0, 0.05) is 20.9 Å². The fourth-order valence-electron chi connectivity index (χ4n) is 1.89. The molecule has 0 bridgehead atoms. The fraction of sp³-hybridized carbons (Fsp3) is 0.417. The quantitative estimate of drug-likeness (QED) is 0.829. The Hall–Kier alpha value is -0.250. The van der Waals surface area contributed by atoms with E-state index in [0.29, 0.717) is 15.6 Å². The molecule has 17 heavy (non-hydrogen) atoms. The van der Waals surface area contributed by atoms with E-state index in [1.54, 1.807) is 18.2 Å². The minimum atomic E-state index is -0.117. The van der Waals surface area contributed by atoms with Crippen molar-refractivity contribution >= 4 is 45.0 Å².